The Hall–Kier alpha value is -1.53. The van der Waals surface area contributed by atoms with E-state index >= 15 is 0 Å². The van der Waals surface area contributed by atoms with Gasteiger partial charge in [-0.3, -0.25) is 4.79 Å². The molecule has 1 amide bonds. The van der Waals surface area contributed by atoms with Crippen LogP contribution >= 0.6 is 0 Å². The number of alkyl halides is 3. The fourth-order valence-electron chi connectivity index (χ4n) is 3.45. The number of carbonyl (C=O) groups is 1. The molecule has 1 aromatic heterocycles. The van der Waals surface area contributed by atoms with Crippen LogP contribution in [0.3, 0.4) is 0 Å². The molecule has 0 N–H and O–H groups in total. The molecule has 2 aliphatic heterocycles. The van der Waals surface area contributed by atoms with Gasteiger partial charge in [-0.1, -0.05) is 6.92 Å². The van der Waals surface area contributed by atoms with Crippen molar-refractivity contribution in [1.29, 1.82) is 0 Å². The smallest absolute Gasteiger partial charge is 0.341 e. The Bertz CT molecular complexity index is 546. The Morgan fingerprint density at radius 2 is 2.19 bits per heavy atom. The van der Waals surface area contributed by atoms with Gasteiger partial charge in [-0.2, -0.15) is 13.2 Å². The van der Waals surface area contributed by atoms with E-state index in [9.17, 15) is 18.0 Å². The van der Waals surface area contributed by atoms with Crippen LogP contribution in [0, 0.1) is 11.3 Å². The fourth-order valence-corrected chi connectivity index (χ4v) is 3.45. The summed E-state index contributed by atoms with van der Waals surface area (Å²) in [5.74, 6) is 0.820. The summed E-state index contributed by atoms with van der Waals surface area (Å²) >= 11 is 0. The van der Waals surface area contributed by atoms with E-state index in [1.807, 2.05) is 10.8 Å². The van der Waals surface area contributed by atoms with E-state index in [2.05, 4.69) is 4.98 Å². The number of aryl methyl sites for hydroxylation is 1. The van der Waals surface area contributed by atoms with Crippen LogP contribution in [0.2, 0.25) is 0 Å². The third-order valence-corrected chi connectivity index (χ3v) is 4.37. The molecule has 0 aromatic carbocycles. The standard InChI is InChI=1S/C14H18F3N3O/c1-13(7-14(15,16)17)8-20(9-13)12(21)10-2-3-11-18-4-5-19(11)6-10/h4-5,10H,2-3,6-9H2,1H3. The molecule has 21 heavy (non-hydrogen) atoms. The number of rotatable bonds is 2. The topological polar surface area (TPSA) is 38.1 Å². The number of aromatic nitrogens is 2. The van der Waals surface area contributed by atoms with Crippen LogP contribution in [0.4, 0.5) is 13.2 Å². The van der Waals surface area contributed by atoms with Crippen molar-refractivity contribution in [2.45, 2.75) is 38.9 Å². The summed E-state index contributed by atoms with van der Waals surface area (Å²) in [7, 11) is 0. The summed E-state index contributed by atoms with van der Waals surface area (Å²) in [6.07, 6.45) is 0.0464. The van der Waals surface area contributed by atoms with Gasteiger partial charge in [0.25, 0.3) is 0 Å². The van der Waals surface area contributed by atoms with Crippen LogP contribution < -0.4 is 0 Å². The van der Waals surface area contributed by atoms with Gasteiger partial charge in [-0.05, 0) is 6.42 Å². The molecular weight excluding hydrogens is 283 g/mol. The number of halogens is 3. The molecule has 0 spiro atoms. The molecule has 3 heterocycles. The Morgan fingerprint density at radius 3 is 2.86 bits per heavy atom. The van der Waals surface area contributed by atoms with Crippen molar-refractivity contribution in [3.8, 4) is 0 Å². The zero-order chi connectivity index (χ0) is 15.3. The first kappa shape index (κ1) is 14.4. The molecule has 4 nitrogen and oxygen atoms in total. The number of hydrogen-bond donors (Lipinski definition) is 0. The molecule has 1 fully saturated rings. The average molecular weight is 301 g/mol. The molecule has 0 saturated carbocycles. The first-order chi connectivity index (χ1) is 9.76. The van der Waals surface area contributed by atoms with Crippen molar-refractivity contribution in [3.63, 3.8) is 0 Å². The second kappa shape index (κ2) is 4.74. The van der Waals surface area contributed by atoms with Crippen LogP contribution in [-0.2, 0) is 17.8 Å². The molecule has 1 atom stereocenters. The van der Waals surface area contributed by atoms with E-state index in [4.69, 9.17) is 0 Å². The largest absolute Gasteiger partial charge is 0.389 e. The van der Waals surface area contributed by atoms with E-state index in [0.29, 0.717) is 6.54 Å². The highest BCUT2D eigenvalue weighted by atomic mass is 19.4. The summed E-state index contributed by atoms with van der Waals surface area (Å²) < 4.78 is 39.4. The van der Waals surface area contributed by atoms with Crippen molar-refractivity contribution >= 4 is 5.91 Å². The number of hydrogen-bond acceptors (Lipinski definition) is 2. The maximum absolute atomic E-state index is 12.5. The van der Waals surface area contributed by atoms with E-state index in [-0.39, 0.29) is 24.9 Å². The SMILES string of the molecule is CC1(CC(F)(F)F)CN(C(=O)C2CCc3nccn3C2)C1. The van der Waals surface area contributed by atoms with Crippen LogP contribution in [0.25, 0.3) is 0 Å². The van der Waals surface area contributed by atoms with Gasteiger partial charge in [0.15, 0.2) is 0 Å². The molecule has 1 saturated heterocycles. The minimum atomic E-state index is -4.17. The first-order valence-corrected chi connectivity index (χ1v) is 7.11. The maximum Gasteiger partial charge on any atom is 0.389 e. The first-order valence-electron chi connectivity index (χ1n) is 7.11. The van der Waals surface area contributed by atoms with Gasteiger partial charge in [-0.15, -0.1) is 0 Å². The summed E-state index contributed by atoms with van der Waals surface area (Å²) in [5.41, 5.74) is -0.817. The van der Waals surface area contributed by atoms with E-state index < -0.39 is 18.0 Å². The van der Waals surface area contributed by atoms with Crippen LogP contribution in [-0.4, -0.2) is 39.6 Å². The Kier molecular flexibility index (Phi) is 3.26. The number of carbonyl (C=O) groups excluding carboxylic acids is 1. The molecule has 1 aromatic rings. The van der Waals surface area contributed by atoms with Crippen molar-refractivity contribution in [1.82, 2.24) is 14.5 Å². The molecule has 0 bridgehead atoms. The Balaban J connectivity index is 1.57. The van der Waals surface area contributed by atoms with Gasteiger partial charge in [0.1, 0.15) is 5.82 Å². The molecule has 1 unspecified atom stereocenters. The number of imidazole rings is 1. The highest BCUT2D eigenvalue weighted by Gasteiger charge is 2.49. The molecule has 3 rings (SSSR count). The predicted octanol–water partition coefficient (Wildman–Crippen LogP) is 2.25. The summed E-state index contributed by atoms with van der Waals surface area (Å²) in [6, 6.07) is 0. The lowest BCUT2D eigenvalue weighted by molar-refractivity contribution is -0.184. The molecular formula is C14H18F3N3O. The van der Waals surface area contributed by atoms with E-state index in [1.54, 1.807) is 18.0 Å². The predicted molar refractivity (Wildman–Crippen MR) is 69.4 cm³/mol. The monoisotopic (exact) mass is 301 g/mol. The molecule has 7 heteroatoms. The van der Waals surface area contributed by atoms with Crippen molar-refractivity contribution in [2.24, 2.45) is 11.3 Å². The number of amides is 1. The van der Waals surface area contributed by atoms with Gasteiger partial charge in [-0.25, -0.2) is 4.98 Å². The normalized spacial score (nSPS) is 24.4. The Morgan fingerprint density at radius 1 is 1.48 bits per heavy atom. The highest BCUT2D eigenvalue weighted by molar-refractivity contribution is 5.80. The lowest BCUT2D eigenvalue weighted by atomic mass is 9.77. The zero-order valence-corrected chi connectivity index (χ0v) is 11.9. The number of nitrogens with zero attached hydrogens (tertiary/aromatic N) is 3. The summed E-state index contributed by atoms with van der Waals surface area (Å²) in [4.78, 5) is 18.2. The van der Waals surface area contributed by atoms with Gasteiger partial charge in [0.2, 0.25) is 5.91 Å². The van der Waals surface area contributed by atoms with Crippen LogP contribution in [0.1, 0.15) is 25.6 Å². The van der Waals surface area contributed by atoms with Gasteiger partial charge >= 0.3 is 6.18 Å². The molecule has 116 valence electrons. The lowest BCUT2D eigenvalue weighted by Crippen LogP contribution is -2.60. The third kappa shape index (κ3) is 2.91. The number of fused-ring (bicyclic) bond motifs is 1. The van der Waals surface area contributed by atoms with Gasteiger partial charge < -0.3 is 9.47 Å². The van der Waals surface area contributed by atoms with Crippen molar-refractivity contribution in [2.75, 3.05) is 13.1 Å². The van der Waals surface area contributed by atoms with Crippen molar-refractivity contribution < 1.29 is 18.0 Å². The second-order valence-corrected chi connectivity index (χ2v) is 6.53. The summed E-state index contributed by atoms with van der Waals surface area (Å²) in [5, 5.41) is 0. The van der Waals surface area contributed by atoms with Crippen LogP contribution in [0.5, 0.6) is 0 Å². The third-order valence-electron chi connectivity index (χ3n) is 4.37. The average Bonchev–Trinajstić information content (AvgIpc) is 2.79. The van der Waals surface area contributed by atoms with Gasteiger partial charge in [0.05, 0.1) is 12.3 Å². The molecule has 0 radical (unpaired) electrons. The van der Waals surface area contributed by atoms with Crippen LogP contribution in [0.15, 0.2) is 12.4 Å². The van der Waals surface area contributed by atoms with Gasteiger partial charge in [0, 0.05) is 43.9 Å². The number of likely N-dealkylation sites (tertiary alicyclic amines) is 1. The second-order valence-electron chi connectivity index (χ2n) is 6.53. The molecule has 2 aliphatic rings. The van der Waals surface area contributed by atoms with E-state index in [0.717, 1.165) is 18.7 Å². The lowest BCUT2D eigenvalue weighted by Gasteiger charge is -2.49. The maximum atomic E-state index is 12.5. The van der Waals surface area contributed by atoms with E-state index in [1.165, 1.54) is 0 Å². The molecule has 0 aliphatic carbocycles. The quantitative estimate of drug-likeness (QED) is 0.840. The highest BCUT2D eigenvalue weighted by Crippen LogP contribution is 2.41. The minimum Gasteiger partial charge on any atom is -0.341 e. The summed E-state index contributed by atoms with van der Waals surface area (Å²) in [6.45, 7) is 2.59. The minimum absolute atomic E-state index is 0.0194. The Labute approximate surface area is 120 Å². The zero-order valence-electron chi connectivity index (χ0n) is 11.9. The fraction of sp³-hybridized carbons (Fsp3) is 0.714. The van der Waals surface area contributed by atoms with Crippen molar-refractivity contribution in [3.05, 3.63) is 18.2 Å².